The Bertz CT molecular complexity index is 365. The summed E-state index contributed by atoms with van der Waals surface area (Å²) in [5.41, 5.74) is 0. The first-order chi connectivity index (χ1) is 10.7. The minimum atomic E-state index is -0.0589. The number of carbonyl (C=O) groups is 1. The van der Waals surface area contributed by atoms with Gasteiger partial charge in [-0.15, -0.1) is 0 Å². The van der Waals surface area contributed by atoms with E-state index in [2.05, 4.69) is 10.2 Å². The quantitative estimate of drug-likeness (QED) is 0.862. The highest BCUT2D eigenvalue weighted by molar-refractivity contribution is 5.81. The van der Waals surface area contributed by atoms with Crippen molar-refractivity contribution in [1.82, 2.24) is 10.2 Å². The predicted octanol–water partition coefficient (Wildman–Crippen LogP) is 1.91. The molecule has 0 aromatic carbocycles. The highest BCUT2D eigenvalue weighted by Gasteiger charge is 2.34. The molecule has 3 fully saturated rings. The molecule has 5 heteroatoms. The Morgan fingerprint density at radius 2 is 1.82 bits per heavy atom. The molecule has 0 aromatic rings. The second-order valence-electron chi connectivity index (χ2n) is 7.03. The summed E-state index contributed by atoms with van der Waals surface area (Å²) < 4.78 is 11.3. The van der Waals surface area contributed by atoms with Gasteiger partial charge in [0.05, 0.1) is 19.3 Å². The lowest BCUT2D eigenvalue weighted by molar-refractivity contribution is -0.131. The van der Waals surface area contributed by atoms with Crippen molar-refractivity contribution < 1.29 is 14.3 Å². The van der Waals surface area contributed by atoms with Crippen LogP contribution in [0.3, 0.4) is 0 Å². The van der Waals surface area contributed by atoms with Crippen molar-refractivity contribution in [2.45, 2.75) is 70.2 Å². The number of hydrogen-bond acceptors (Lipinski definition) is 4. The van der Waals surface area contributed by atoms with E-state index in [-0.39, 0.29) is 18.2 Å². The number of nitrogens with one attached hydrogen (secondary N) is 1. The summed E-state index contributed by atoms with van der Waals surface area (Å²) >= 11 is 0. The zero-order valence-electron chi connectivity index (χ0n) is 13.8. The third kappa shape index (κ3) is 4.00. The van der Waals surface area contributed by atoms with E-state index >= 15 is 0 Å². The van der Waals surface area contributed by atoms with E-state index in [1.807, 2.05) is 6.92 Å². The van der Waals surface area contributed by atoms with Crippen molar-refractivity contribution in [2.75, 3.05) is 26.3 Å². The van der Waals surface area contributed by atoms with Gasteiger partial charge < -0.3 is 14.8 Å². The second kappa shape index (κ2) is 7.75. The first-order valence-corrected chi connectivity index (χ1v) is 9.01. The van der Waals surface area contributed by atoms with Crippen molar-refractivity contribution in [2.24, 2.45) is 5.92 Å². The summed E-state index contributed by atoms with van der Waals surface area (Å²) in [7, 11) is 0. The van der Waals surface area contributed by atoms with E-state index in [0.717, 1.165) is 38.8 Å². The largest absolute Gasteiger partial charge is 0.352 e. The first-order valence-electron chi connectivity index (χ1n) is 9.01. The lowest BCUT2D eigenvalue weighted by Crippen LogP contribution is -2.52. The Morgan fingerprint density at radius 3 is 2.55 bits per heavy atom. The van der Waals surface area contributed by atoms with E-state index in [1.54, 1.807) is 0 Å². The maximum absolute atomic E-state index is 12.5. The van der Waals surface area contributed by atoms with E-state index < -0.39 is 0 Å². The summed E-state index contributed by atoms with van der Waals surface area (Å²) in [5, 5.41) is 3.26. The van der Waals surface area contributed by atoms with Gasteiger partial charge in [0.2, 0.25) is 5.91 Å². The van der Waals surface area contributed by atoms with Gasteiger partial charge in [-0.25, -0.2) is 0 Å². The summed E-state index contributed by atoms with van der Waals surface area (Å²) in [6.07, 6.45) is 8.31. The average Bonchev–Trinajstić information content (AvgIpc) is 3.10. The Morgan fingerprint density at radius 1 is 1.09 bits per heavy atom. The highest BCUT2D eigenvalue weighted by atomic mass is 16.7. The summed E-state index contributed by atoms with van der Waals surface area (Å²) in [6.45, 7) is 5.36. The minimum Gasteiger partial charge on any atom is -0.352 e. The van der Waals surface area contributed by atoms with Crippen LogP contribution in [0.2, 0.25) is 0 Å². The Hall–Kier alpha value is -0.650. The fourth-order valence-electron chi connectivity index (χ4n) is 4.00. The van der Waals surface area contributed by atoms with Crippen LogP contribution in [-0.4, -0.2) is 55.5 Å². The molecule has 1 amide bonds. The van der Waals surface area contributed by atoms with E-state index in [1.165, 1.54) is 19.3 Å². The average molecular weight is 310 g/mol. The number of nitrogens with zero attached hydrogens (tertiary/aromatic N) is 1. The van der Waals surface area contributed by atoms with Crippen molar-refractivity contribution in [3.8, 4) is 0 Å². The van der Waals surface area contributed by atoms with Crippen LogP contribution in [0.25, 0.3) is 0 Å². The van der Waals surface area contributed by atoms with Gasteiger partial charge in [-0.1, -0.05) is 19.3 Å². The number of piperidine rings is 1. The van der Waals surface area contributed by atoms with Crippen LogP contribution in [0.1, 0.15) is 51.9 Å². The molecule has 22 heavy (non-hydrogen) atoms. The minimum absolute atomic E-state index is 0.0499. The fraction of sp³-hybridized carbons (Fsp3) is 0.941. The molecule has 2 saturated heterocycles. The second-order valence-corrected chi connectivity index (χ2v) is 7.03. The molecule has 2 atom stereocenters. The fourth-order valence-corrected chi connectivity index (χ4v) is 4.00. The summed E-state index contributed by atoms with van der Waals surface area (Å²) in [5.74, 6) is 0.599. The maximum atomic E-state index is 12.5. The Kier molecular flexibility index (Phi) is 5.71. The maximum Gasteiger partial charge on any atom is 0.237 e. The normalized spacial score (nSPS) is 30.3. The number of ether oxygens (including phenoxy) is 2. The van der Waals surface area contributed by atoms with Gasteiger partial charge in [-0.05, 0) is 39.2 Å². The smallest absolute Gasteiger partial charge is 0.237 e. The molecule has 0 bridgehead atoms. The topological polar surface area (TPSA) is 50.8 Å². The third-order valence-electron chi connectivity index (χ3n) is 5.40. The Labute approximate surface area is 133 Å². The van der Waals surface area contributed by atoms with E-state index in [0.29, 0.717) is 25.2 Å². The van der Waals surface area contributed by atoms with Crippen LogP contribution in [0.5, 0.6) is 0 Å². The molecule has 1 N–H and O–H groups in total. The van der Waals surface area contributed by atoms with E-state index in [4.69, 9.17) is 9.47 Å². The zero-order chi connectivity index (χ0) is 15.4. The third-order valence-corrected chi connectivity index (χ3v) is 5.40. The van der Waals surface area contributed by atoms with Gasteiger partial charge in [-0.2, -0.15) is 0 Å². The molecule has 3 aliphatic rings. The van der Waals surface area contributed by atoms with Gasteiger partial charge in [0.1, 0.15) is 0 Å². The van der Waals surface area contributed by atoms with Crippen molar-refractivity contribution in [1.29, 1.82) is 0 Å². The molecule has 1 aliphatic carbocycles. The number of rotatable bonds is 4. The number of amides is 1. The predicted molar refractivity (Wildman–Crippen MR) is 84.5 cm³/mol. The van der Waals surface area contributed by atoms with Crippen LogP contribution >= 0.6 is 0 Å². The van der Waals surface area contributed by atoms with Gasteiger partial charge >= 0.3 is 0 Å². The highest BCUT2D eigenvalue weighted by Crippen LogP contribution is 2.26. The molecule has 1 saturated carbocycles. The van der Waals surface area contributed by atoms with Crippen molar-refractivity contribution >= 4 is 5.91 Å². The monoisotopic (exact) mass is 310 g/mol. The van der Waals surface area contributed by atoms with Gasteiger partial charge in [0.15, 0.2) is 6.29 Å². The lowest BCUT2D eigenvalue weighted by atomic mass is 9.94. The lowest BCUT2D eigenvalue weighted by Gasteiger charge is -2.38. The van der Waals surface area contributed by atoms with Crippen molar-refractivity contribution in [3.05, 3.63) is 0 Å². The molecule has 2 aliphatic heterocycles. The zero-order valence-corrected chi connectivity index (χ0v) is 13.8. The van der Waals surface area contributed by atoms with Gasteiger partial charge in [-0.3, -0.25) is 9.69 Å². The summed E-state index contributed by atoms with van der Waals surface area (Å²) in [6, 6.07) is 0.344. The standard InChI is InChI=1S/C17H30N2O3/c1-13(16(20)18-15-7-3-2-4-8-15)19-9-5-6-14(12-19)17-21-10-11-22-17/h13-15,17H,2-12H2,1H3,(H,18,20)/t13-,14+/m1/s1. The molecule has 2 heterocycles. The molecule has 126 valence electrons. The molecule has 5 nitrogen and oxygen atoms in total. The Balaban J connectivity index is 1.49. The SMILES string of the molecule is C[C@H](C(=O)NC1CCCCC1)N1CCC[C@H](C2OCCO2)C1. The van der Waals surface area contributed by atoms with Crippen LogP contribution in [0, 0.1) is 5.92 Å². The van der Waals surface area contributed by atoms with Gasteiger partial charge in [0.25, 0.3) is 0 Å². The number of carbonyl (C=O) groups excluding carboxylic acids is 1. The number of hydrogen-bond donors (Lipinski definition) is 1. The molecule has 3 rings (SSSR count). The molecular weight excluding hydrogens is 280 g/mol. The van der Waals surface area contributed by atoms with Crippen molar-refractivity contribution in [3.63, 3.8) is 0 Å². The molecule has 0 spiro atoms. The number of likely N-dealkylation sites (tertiary alicyclic amines) is 1. The van der Waals surface area contributed by atoms with Crippen LogP contribution < -0.4 is 5.32 Å². The van der Waals surface area contributed by atoms with Crippen LogP contribution in [0.15, 0.2) is 0 Å². The van der Waals surface area contributed by atoms with Crippen LogP contribution in [-0.2, 0) is 14.3 Å². The van der Waals surface area contributed by atoms with Gasteiger partial charge in [0, 0.05) is 18.5 Å². The molecule has 0 unspecified atom stereocenters. The molecular formula is C17H30N2O3. The van der Waals surface area contributed by atoms with E-state index in [9.17, 15) is 4.79 Å². The van der Waals surface area contributed by atoms with Crippen LogP contribution in [0.4, 0.5) is 0 Å². The first kappa shape index (κ1) is 16.2. The molecule has 0 radical (unpaired) electrons. The molecule has 0 aromatic heterocycles. The summed E-state index contributed by atoms with van der Waals surface area (Å²) in [4.78, 5) is 14.8.